The molecule has 4 aromatic heterocycles. The van der Waals surface area contributed by atoms with Crippen molar-refractivity contribution in [1.82, 2.24) is 33.7 Å². The molecule has 1 N–H and O–H groups in total. The van der Waals surface area contributed by atoms with Crippen LogP contribution < -0.4 is 5.32 Å². The van der Waals surface area contributed by atoms with Gasteiger partial charge in [-0.25, -0.2) is 9.97 Å². The molecule has 9 nitrogen and oxygen atoms in total. The third-order valence-electron chi connectivity index (χ3n) is 5.55. The predicted molar refractivity (Wildman–Crippen MR) is 117 cm³/mol. The van der Waals surface area contributed by atoms with Gasteiger partial charge in [0.15, 0.2) is 0 Å². The minimum atomic E-state index is -0.0359. The van der Waals surface area contributed by atoms with Crippen LogP contribution in [0.3, 0.4) is 0 Å². The highest BCUT2D eigenvalue weighted by atomic mass is 16.2. The molecule has 5 heterocycles. The summed E-state index contributed by atoms with van der Waals surface area (Å²) in [6.45, 7) is 3.76. The Kier molecular flexibility index (Phi) is 5.09. The van der Waals surface area contributed by atoms with Crippen LogP contribution in [0.4, 0.5) is 5.69 Å². The van der Waals surface area contributed by atoms with Crippen LogP contribution in [0.15, 0.2) is 61.4 Å². The molecule has 31 heavy (non-hydrogen) atoms. The van der Waals surface area contributed by atoms with Gasteiger partial charge >= 0.3 is 0 Å². The summed E-state index contributed by atoms with van der Waals surface area (Å²) in [6, 6.07) is 9.85. The summed E-state index contributed by atoms with van der Waals surface area (Å²) in [6.07, 6.45) is 8.91. The van der Waals surface area contributed by atoms with Crippen molar-refractivity contribution >= 4 is 17.1 Å². The van der Waals surface area contributed by atoms with Crippen LogP contribution in [0.1, 0.15) is 16.2 Å². The summed E-state index contributed by atoms with van der Waals surface area (Å²) in [4.78, 5) is 30.3. The second-order valence-electron chi connectivity index (χ2n) is 7.67. The van der Waals surface area contributed by atoms with Crippen LogP contribution in [0.5, 0.6) is 0 Å². The Morgan fingerprint density at radius 1 is 1.13 bits per heavy atom. The molecule has 0 aromatic carbocycles. The molecule has 0 unspecified atom stereocenters. The lowest BCUT2D eigenvalue weighted by molar-refractivity contribution is 0.0658. The number of amides is 1. The lowest BCUT2D eigenvalue weighted by Crippen LogP contribution is -2.47. The van der Waals surface area contributed by atoms with Gasteiger partial charge in [-0.2, -0.15) is 0 Å². The van der Waals surface area contributed by atoms with Crippen molar-refractivity contribution in [3.05, 3.63) is 72.8 Å². The maximum absolute atomic E-state index is 12.9. The summed E-state index contributed by atoms with van der Waals surface area (Å²) in [5.41, 5.74) is 3.27. The Morgan fingerprint density at radius 2 is 2.00 bits per heavy atom. The Hall–Kier alpha value is -3.72. The highest BCUT2D eigenvalue weighted by Crippen LogP contribution is 2.18. The quantitative estimate of drug-likeness (QED) is 0.535. The first-order valence-electron chi connectivity index (χ1n) is 10.3. The number of fused-ring (bicyclic) bond motifs is 1. The SMILES string of the molecule is CN1CCN(C(=O)c2cn(-c3nc(CNc4cccnc4)c4ccccn34)cn2)CC1. The van der Waals surface area contributed by atoms with E-state index in [-0.39, 0.29) is 5.91 Å². The van der Waals surface area contributed by atoms with E-state index in [9.17, 15) is 4.79 Å². The summed E-state index contributed by atoms with van der Waals surface area (Å²) < 4.78 is 3.82. The zero-order chi connectivity index (χ0) is 21.2. The minimum Gasteiger partial charge on any atom is -0.378 e. The smallest absolute Gasteiger partial charge is 0.274 e. The van der Waals surface area contributed by atoms with Crippen molar-refractivity contribution in [1.29, 1.82) is 0 Å². The van der Waals surface area contributed by atoms with E-state index in [1.165, 1.54) is 0 Å². The van der Waals surface area contributed by atoms with Crippen LogP contribution in [0.2, 0.25) is 0 Å². The molecule has 1 aliphatic heterocycles. The van der Waals surface area contributed by atoms with E-state index in [1.54, 1.807) is 24.9 Å². The second-order valence-corrected chi connectivity index (χ2v) is 7.67. The van der Waals surface area contributed by atoms with Gasteiger partial charge in [-0.15, -0.1) is 0 Å². The third kappa shape index (κ3) is 3.87. The minimum absolute atomic E-state index is 0.0359. The first-order chi connectivity index (χ1) is 15.2. The number of pyridine rings is 2. The number of anilines is 1. The number of likely N-dealkylation sites (N-methyl/N-ethyl adjacent to an activating group) is 1. The Labute approximate surface area is 180 Å². The van der Waals surface area contributed by atoms with Gasteiger partial charge in [-0.1, -0.05) is 6.07 Å². The van der Waals surface area contributed by atoms with Crippen LogP contribution in [0.25, 0.3) is 11.5 Å². The number of carbonyl (C=O) groups excluding carboxylic acids is 1. The van der Waals surface area contributed by atoms with Gasteiger partial charge in [0, 0.05) is 51.0 Å². The van der Waals surface area contributed by atoms with Crippen molar-refractivity contribution in [2.75, 3.05) is 38.5 Å². The zero-order valence-electron chi connectivity index (χ0n) is 17.3. The summed E-state index contributed by atoms with van der Waals surface area (Å²) in [5.74, 6) is 0.662. The molecule has 158 valence electrons. The molecule has 0 bridgehead atoms. The Balaban J connectivity index is 1.41. The molecule has 0 radical (unpaired) electrons. The first-order valence-corrected chi connectivity index (χ1v) is 10.3. The molecule has 0 saturated carbocycles. The third-order valence-corrected chi connectivity index (χ3v) is 5.55. The number of carbonyl (C=O) groups is 1. The number of piperazine rings is 1. The summed E-state index contributed by atoms with van der Waals surface area (Å²) in [5, 5.41) is 3.36. The van der Waals surface area contributed by atoms with E-state index in [1.807, 2.05) is 50.4 Å². The predicted octanol–water partition coefficient (Wildman–Crippen LogP) is 1.91. The highest BCUT2D eigenvalue weighted by Gasteiger charge is 2.23. The number of aromatic nitrogens is 5. The van der Waals surface area contributed by atoms with Gasteiger partial charge in [0.25, 0.3) is 5.91 Å². The Morgan fingerprint density at radius 3 is 2.81 bits per heavy atom. The molecule has 1 aliphatic rings. The van der Waals surface area contributed by atoms with Gasteiger partial charge in [-0.05, 0) is 31.3 Å². The van der Waals surface area contributed by atoms with Gasteiger partial charge in [0.1, 0.15) is 12.0 Å². The highest BCUT2D eigenvalue weighted by molar-refractivity contribution is 5.92. The summed E-state index contributed by atoms with van der Waals surface area (Å²) in [7, 11) is 2.07. The molecule has 5 rings (SSSR count). The maximum Gasteiger partial charge on any atom is 0.274 e. The fourth-order valence-corrected chi connectivity index (χ4v) is 3.76. The number of hydrogen-bond donors (Lipinski definition) is 1. The molecule has 1 fully saturated rings. The molecular weight excluding hydrogens is 392 g/mol. The normalized spacial score (nSPS) is 14.8. The molecule has 0 aliphatic carbocycles. The van der Waals surface area contributed by atoms with Crippen molar-refractivity contribution in [2.45, 2.75) is 6.54 Å². The zero-order valence-corrected chi connectivity index (χ0v) is 17.3. The largest absolute Gasteiger partial charge is 0.378 e. The standard InChI is InChI=1S/C22H24N8O/c1-27-9-11-28(12-10-27)21(31)19-15-29(16-25-19)22-26-18(20-6-2-3-8-30(20)22)14-24-17-5-4-7-23-13-17/h2-8,13,15-16,24H,9-12,14H2,1H3. The average molecular weight is 416 g/mol. The van der Waals surface area contributed by atoms with Crippen LogP contribution in [-0.2, 0) is 6.54 Å². The molecular formula is C22H24N8O. The van der Waals surface area contributed by atoms with E-state index >= 15 is 0 Å². The topological polar surface area (TPSA) is 83.6 Å². The van der Waals surface area contributed by atoms with Crippen LogP contribution >= 0.6 is 0 Å². The fraction of sp³-hybridized carbons (Fsp3) is 0.273. The van der Waals surface area contributed by atoms with Crippen LogP contribution in [0, 0.1) is 0 Å². The lowest BCUT2D eigenvalue weighted by atomic mass is 10.3. The van der Waals surface area contributed by atoms with Crippen molar-refractivity contribution in [3.8, 4) is 5.95 Å². The first kappa shape index (κ1) is 19.3. The van der Waals surface area contributed by atoms with E-state index < -0.39 is 0 Å². The summed E-state index contributed by atoms with van der Waals surface area (Å²) >= 11 is 0. The van der Waals surface area contributed by atoms with Crippen LogP contribution in [-0.4, -0.2) is 72.9 Å². The molecule has 4 aromatic rings. The molecule has 9 heteroatoms. The van der Waals surface area contributed by atoms with Gasteiger partial charge in [0.2, 0.25) is 5.95 Å². The Bertz CT molecular complexity index is 1190. The van der Waals surface area contributed by atoms with Gasteiger partial charge < -0.3 is 15.1 Å². The molecule has 1 saturated heterocycles. The van der Waals surface area contributed by atoms with E-state index in [0.717, 1.165) is 43.1 Å². The second kappa shape index (κ2) is 8.19. The van der Waals surface area contributed by atoms with E-state index in [2.05, 4.69) is 27.2 Å². The van der Waals surface area contributed by atoms with Crippen molar-refractivity contribution in [3.63, 3.8) is 0 Å². The molecule has 0 spiro atoms. The van der Waals surface area contributed by atoms with Crippen molar-refractivity contribution in [2.24, 2.45) is 0 Å². The number of rotatable bonds is 5. The lowest BCUT2D eigenvalue weighted by Gasteiger charge is -2.31. The maximum atomic E-state index is 12.9. The fourth-order valence-electron chi connectivity index (χ4n) is 3.76. The van der Waals surface area contributed by atoms with Gasteiger partial charge in [-0.3, -0.25) is 18.7 Å². The van der Waals surface area contributed by atoms with E-state index in [4.69, 9.17) is 4.98 Å². The molecule has 0 atom stereocenters. The van der Waals surface area contributed by atoms with Gasteiger partial charge in [0.05, 0.1) is 23.4 Å². The number of imidazole rings is 2. The van der Waals surface area contributed by atoms with Crippen molar-refractivity contribution < 1.29 is 4.79 Å². The monoisotopic (exact) mass is 416 g/mol. The van der Waals surface area contributed by atoms with E-state index in [0.29, 0.717) is 18.2 Å². The molecule has 1 amide bonds. The number of hydrogen-bond acceptors (Lipinski definition) is 6. The number of nitrogens with one attached hydrogen (secondary N) is 1. The number of nitrogens with zero attached hydrogens (tertiary/aromatic N) is 7. The average Bonchev–Trinajstić information content (AvgIpc) is 3.44.